The summed E-state index contributed by atoms with van der Waals surface area (Å²) in [6.45, 7) is 4.79. The Balaban J connectivity index is 1.65. The van der Waals surface area contributed by atoms with Crippen molar-refractivity contribution in [1.29, 1.82) is 0 Å². The molecule has 0 spiro atoms. The van der Waals surface area contributed by atoms with Crippen LogP contribution in [0.4, 0.5) is 5.69 Å². The minimum atomic E-state index is -0.399. The molecule has 1 aliphatic heterocycles. The number of aryl methyl sites for hydroxylation is 1. The van der Waals surface area contributed by atoms with E-state index in [1.165, 1.54) is 7.11 Å². The number of para-hydroxylation sites is 1. The monoisotopic (exact) mass is 478 g/mol. The van der Waals surface area contributed by atoms with Crippen molar-refractivity contribution in [2.75, 3.05) is 38.3 Å². The minimum Gasteiger partial charge on any atom is -0.465 e. The average molecular weight is 479 g/mol. The van der Waals surface area contributed by atoms with Crippen molar-refractivity contribution in [1.82, 2.24) is 14.5 Å². The Morgan fingerprint density at radius 1 is 0.944 bits per heavy atom. The van der Waals surface area contributed by atoms with Crippen LogP contribution in [-0.4, -0.2) is 53.9 Å². The Hall–Kier alpha value is -4.23. The maximum absolute atomic E-state index is 12.8. The first-order valence-electron chi connectivity index (χ1n) is 12.0. The molecular weight excluding hydrogens is 452 g/mol. The summed E-state index contributed by atoms with van der Waals surface area (Å²) in [6.07, 6.45) is 0. The molecule has 0 atom stereocenters. The first-order valence-corrected chi connectivity index (χ1v) is 12.0. The van der Waals surface area contributed by atoms with Gasteiger partial charge in [-0.25, -0.2) is 14.8 Å². The maximum Gasteiger partial charge on any atom is 0.340 e. The molecule has 3 heterocycles. The van der Waals surface area contributed by atoms with Gasteiger partial charge in [-0.1, -0.05) is 48.5 Å². The molecule has 7 nitrogen and oxygen atoms in total. The minimum absolute atomic E-state index is 0.399. The van der Waals surface area contributed by atoms with Gasteiger partial charge >= 0.3 is 5.97 Å². The van der Waals surface area contributed by atoms with E-state index in [1.807, 2.05) is 49.4 Å². The lowest BCUT2D eigenvalue weighted by atomic mass is 10.1. The van der Waals surface area contributed by atoms with Gasteiger partial charge in [0.15, 0.2) is 0 Å². The average Bonchev–Trinajstić information content (AvgIpc) is 3.27. The van der Waals surface area contributed by atoms with Crippen molar-refractivity contribution in [3.63, 3.8) is 0 Å². The van der Waals surface area contributed by atoms with Crippen molar-refractivity contribution in [3.05, 3.63) is 84.2 Å². The van der Waals surface area contributed by atoms with E-state index in [-0.39, 0.29) is 0 Å². The van der Waals surface area contributed by atoms with Crippen LogP contribution in [0.25, 0.3) is 38.9 Å². The highest BCUT2D eigenvalue weighted by atomic mass is 16.5. The molecule has 0 N–H and O–H groups in total. The van der Waals surface area contributed by atoms with E-state index in [0.29, 0.717) is 24.3 Å². The van der Waals surface area contributed by atoms with E-state index < -0.39 is 5.97 Å². The number of benzene rings is 3. The second kappa shape index (κ2) is 9.09. The molecule has 1 saturated heterocycles. The second-order valence-electron chi connectivity index (χ2n) is 8.86. The lowest BCUT2D eigenvalue weighted by molar-refractivity contribution is 0.0603. The van der Waals surface area contributed by atoms with Crippen molar-refractivity contribution in [2.45, 2.75) is 6.92 Å². The summed E-state index contributed by atoms with van der Waals surface area (Å²) >= 11 is 0. The fourth-order valence-corrected chi connectivity index (χ4v) is 4.95. The van der Waals surface area contributed by atoms with Crippen LogP contribution in [0.3, 0.4) is 0 Å². The molecule has 2 aromatic heterocycles. The first kappa shape index (κ1) is 22.2. The van der Waals surface area contributed by atoms with E-state index in [1.54, 1.807) is 0 Å². The second-order valence-corrected chi connectivity index (χ2v) is 8.86. The fourth-order valence-electron chi connectivity index (χ4n) is 4.95. The fraction of sp³-hybridized carbons (Fsp3) is 0.207. The molecule has 0 amide bonds. The van der Waals surface area contributed by atoms with Gasteiger partial charge in [-0.05, 0) is 31.2 Å². The zero-order chi connectivity index (χ0) is 24.6. The van der Waals surface area contributed by atoms with Crippen LogP contribution in [-0.2, 0) is 9.47 Å². The van der Waals surface area contributed by atoms with E-state index in [4.69, 9.17) is 19.4 Å². The zero-order valence-corrected chi connectivity index (χ0v) is 20.3. The number of fused-ring (bicyclic) bond motifs is 2. The van der Waals surface area contributed by atoms with E-state index in [0.717, 1.165) is 58.0 Å². The molecule has 3 aromatic carbocycles. The highest BCUT2D eigenvalue weighted by Gasteiger charge is 2.23. The summed E-state index contributed by atoms with van der Waals surface area (Å²) in [5, 5.41) is 1.01. The third kappa shape index (κ3) is 3.78. The lowest BCUT2D eigenvalue weighted by Gasteiger charge is -2.29. The number of carbonyl (C=O) groups is 1. The Morgan fingerprint density at radius 2 is 1.69 bits per heavy atom. The molecule has 5 aromatic rings. The predicted octanol–water partition coefficient (Wildman–Crippen LogP) is 5.17. The van der Waals surface area contributed by atoms with Gasteiger partial charge in [0.2, 0.25) is 0 Å². The number of methoxy groups -OCH3 is 1. The van der Waals surface area contributed by atoms with Crippen LogP contribution in [0.2, 0.25) is 0 Å². The number of hydrogen-bond acceptors (Lipinski definition) is 6. The van der Waals surface area contributed by atoms with Gasteiger partial charge in [0.25, 0.3) is 0 Å². The molecule has 1 fully saturated rings. The number of imidazole rings is 1. The molecule has 1 aliphatic rings. The number of nitrogens with zero attached hydrogens (tertiary/aromatic N) is 4. The SMILES string of the molecule is COC(=O)c1cc(N2CCOCC2)cc2c1nc(C)n2-c1cc(-c2ccccc2)nc2ccccc12. The number of morpholine rings is 1. The van der Waals surface area contributed by atoms with Gasteiger partial charge in [0.1, 0.15) is 11.3 Å². The summed E-state index contributed by atoms with van der Waals surface area (Å²) in [6, 6.07) is 24.4. The predicted molar refractivity (Wildman–Crippen MR) is 141 cm³/mol. The number of rotatable bonds is 4. The third-order valence-electron chi connectivity index (χ3n) is 6.70. The number of ether oxygens (including phenoxy) is 2. The molecule has 7 heteroatoms. The Morgan fingerprint density at radius 3 is 2.47 bits per heavy atom. The molecule has 0 unspecified atom stereocenters. The molecular formula is C29H26N4O3. The van der Waals surface area contributed by atoms with Crippen LogP contribution in [0.15, 0.2) is 72.8 Å². The summed E-state index contributed by atoms with van der Waals surface area (Å²) in [4.78, 5) is 24.9. The van der Waals surface area contributed by atoms with E-state index in [2.05, 4.69) is 39.8 Å². The highest BCUT2D eigenvalue weighted by Crippen LogP contribution is 2.34. The van der Waals surface area contributed by atoms with Crippen molar-refractivity contribution >= 4 is 33.6 Å². The van der Waals surface area contributed by atoms with Crippen LogP contribution in [0.1, 0.15) is 16.2 Å². The lowest BCUT2D eigenvalue weighted by Crippen LogP contribution is -2.36. The number of pyridine rings is 1. The summed E-state index contributed by atoms with van der Waals surface area (Å²) < 4.78 is 12.8. The highest BCUT2D eigenvalue weighted by molar-refractivity contribution is 6.05. The molecule has 0 aliphatic carbocycles. The number of carbonyl (C=O) groups excluding carboxylic acids is 1. The number of esters is 1. The van der Waals surface area contributed by atoms with Gasteiger partial charge in [-0.2, -0.15) is 0 Å². The van der Waals surface area contributed by atoms with Crippen LogP contribution in [0.5, 0.6) is 0 Å². The largest absolute Gasteiger partial charge is 0.465 e. The van der Waals surface area contributed by atoms with Gasteiger partial charge < -0.3 is 14.4 Å². The first-order chi connectivity index (χ1) is 17.6. The molecule has 0 radical (unpaired) electrons. The normalized spacial score (nSPS) is 13.9. The van der Waals surface area contributed by atoms with Gasteiger partial charge in [0.05, 0.1) is 48.3 Å². The van der Waals surface area contributed by atoms with E-state index in [9.17, 15) is 4.79 Å². The van der Waals surface area contributed by atoms with Crippen molar-refractivity contribution in [2.24, 2.45) is 0 Å². The summed E-state index contributed by atoms with van der Waals surface area (Å²) in [5.74, 6) is 0.383. The molecule has 6 rings (SSSR count). The Labute approximate surface area is 208 Å². The molecule has 0 saturated carbocycles. The van der Waals surface area contributed by atoms with Gasteiger partial charge in [-0.3, -0.25) is 4.57 Å². The van der Waals surface area contributed by atoms with E-state index >= 15 is 0 Å². The van der Waals surface area contributed by atoms with Crippen molar-refractivity contribution < 1.29 is 14.3 Å². The Kier molecular flexibility index (Phi) is 5.62. The molecule has 0 bridgehead atoms. The molecule has 36 heavy (non-hydrogen) atoms. The van der Waals surface area contributed by atoms with Gasteiger partial charge in [0, 0.05) is 29.7 Å². The van der Waals surface area contributed by atoms with Crippen molar-refractivity contribution in [3.8, 4) is 16.9 Å². The third-order valence-corrected chi connectivity index (χ3v) is 6.70. The number of hydrogen-bond donors (Lipinski definition) is 0. The summed E-state index contributed by atoms with van der Waals surface area (Å²) in [7, 11) is 1.40. The number of anilines is 1. The van der Waals surface area contributed by atoms with Gasteiger partial charge in [-0.15, -0.1) is 0 Å². The van der Waals surface area contributed by atoms with Crippen LogP contribution < -0.4 is 4.90 Å². The van der Waals surface area contributed by atoms with Crippen LogP contribution in [0, 0.1) is 6.92 Å². The smallest absolute Gasteiger partial charge is 0.340 e. The Bertz CT molecular complexity index is 1590. The molecule has 180 valence electrons. The number of aromatic nitrogens is 3. The topological polar surface area (TPSA) is 69.5 Å². The standard InChI is InChI=1S/C29H26N4O3/c1-19-30-28-23(29(34)35-2)16-21(32-12-14-36-15-13-32)17-27(28)33(19)26-18-25(20-8-4-3-5-9-20)31-24-11-7-6-10-22(24)26/h3-11,16-18H,12-15H2,1-2H3. The summed E-state index contributed by atoms with van der Waals surface area (Å²) in [5.41, 5.74) is 6.67. The zero-order valence-electron chi connectivity index (χ0n) is 20.3. The maximum atomic E-state index is 12.8. The quantitative estimate of drug-likeness (QED) is 0.332. The van der Waals surface area contributed by atoms with Crippen LogP contribution >= 0.6 is 0 Å².